The van der Waals surface area contributed by atoms with Crippen molar-refractivity contribution >= 4 is 22.6 Å². The van der Waals surface area contributed by atoms with E-state index in [2.05, 4.69) is 28.5 Å². The summed E-state index contributed by atoms with van der Waals surface area (Å²) < 4.78 is 1.16. The summed E-state index contributed by atoms with van der Waals surface area (Å²) in [5.74, 6) is 2.48. The van der Waals surface area contributed by atoms with Crippen LogP contribution in [0.5, 0.6) is 0 Å². The van der Waals surface area contributed by atoms with Crippen LogP contribution in [0.4, 0.5) is 0 Å². The summed E-state index contributed by atoms with van der Waals surface area (Å²) in [6.45, 7) is 0. The van der Waals surface area contributed by atoms with Gasteiger partial charge < -0.3 is 5.73 Å². The first kappa shape index (κ1) is 8.57. The van der Waals surface area contributed by atoms with Crippen molar-refractivity contribution in [2.75, 3.05) is 0 Å². The van der Waals surface area contributed by atoms with Gasteiger partial charge in [0.2, 0.25) is 0 Å². The van der Waals surface area contributed by atoms with Gasteiger partial charge in [0.15, 0.2) is 0 Å². The zero-order valence-corrected chi connectivity index (χ0v) is 8.08. The second-order valence-corrected chi connectivity index (χ2v) is 3.44. The van der Waals surface area contributed by atoms with E-state index in [1.165, 1.54) is 0 Å². The Bertz CT molecular complexity index is 288. The van der Waals surface area contributed by atoms with Crippen molar-refractivity contribution in [1.29, 1.82) is 0 Å². The minimum absolute atomic E-state index is 0.273. The smallest absolute Gasteiger partial charge is 0.0918 e. The second-order valence-electron chi connectivity index (χ2n) is 2.20. The highest BCUT2D eigenvalue weighted by Crippen LogP contribution is 2.12. The van der Waals surface area contributed by atoms with E-state index in [9.17, 15) is 0 Å². The van der Waals surface area contributed by atoms with Gasteiger partial charge in [-0.3, -0.25) is 0 Å². The molecular formula is C9H8IN. The maximum absolute atomic E-state index is 5.62. The zero-order chi connectivity index (χ0) is 8.27. The predicted octanol–water partition coefficient (Wildman–Crippen LogP) is 1.92. The lowest BCUT2D eigenvalue weighted by atomic mass is 10.1. The highest BCUT2D eigenvalue weighted by molar-refractivity contribution is 14.1. The number of hydrogen-bond donors (Lipinski definition) is 1. The van der Waals surface area contributed by atoms with E-state index in [1.54, 1.807) is 0 Å². The molecule has 1 unspecified atom stereocenters. The molecule has 0 fully saturated rings. The average Bonchev–Trinajstić information content (AvgIpc) is 2.03. The fourth-order valence-corrected chi connectivity index (χ4v) is 1.36. The molecule has 0 aliphatic carbocycles. The molecule has 0 aromatic heterocycles. The molecule has 2 heteroatoms. The fourth-order valence-electron chi connectivity index (χ4n) is 0.796. The molecule has 1 rings (SSSR count). The summed E-state index contributed by atoms with van der Waals surface area (Å²) in [6, 6.07) is 7.61. The summed E-state index contributed by atoms with van der Waals surface area (Å²) in [6.07, 6.45) is 5.18. The van der Waals surface area contributed by atoms with Gasteiger partial charge in [0.25, 0.3) is 0 Å². The maximum Gasteiger partial charge on any atom is 0.0918 e. The van der Waals surface area contributed by atoms with Gasteiger partial charge in [-0.2, -0.15) is 0 Å². The molecule has 0 amide bonds. The molecule has 1 aromatic carbocycles. The van der Waals surface area contributed by atoms with Crippen molar-refractivity contribution in [3.05, 3.63) is 33.4 Å². The van der Waals surface area contributed by atoms with Crippen LogP contribution in [0.15, 0.2) is 24.3 Å². The Morgan fingerprint density at radius 3 is 2.82 bits per heavy atom. The topological polar surface area (TPSA) is 26.0 Å². The third-order valence-corrected chi connectivity index (χ3v) is 2.06. The third kappa shape index (κ3) is 2.21. The SMILES string of the molecule is C#CC(N)c1cccc(I)c1. The summed E-state index contributed by atoms with van der Waals surface area (Å²) >= 11 is 2.23. The van der Waals surface area contributed by atoms with E-state index in [-0.39, 0.29) is 6.04 Å². The molecule has 0 heterocycles. The minimum atomic E-state index is -0.273. The molecular weight excluding hydrogens is 249 g/mol. The lowest BCUT2D eigenvalue weighted by Gasteiger charge is -2.03. The highest BCUT2D eigenvalue weighted by atomic mass is 127. The summed E-state index contributed by atoms with van der Waals surface area (Å²) in [5.41, 5.74) is 6.62. The summed E-state index contributed by atoms with van der Waals surface area (Å²) in [5, 5.41) is 0. The molecule has 0 spiro atoms. The molecule has 56 valence electrons. The largest absolute Gasteiger partial charge is 0.314 e. The molecule has 1 aromatic rings. The minimum Gasteiger partial charge on any atom is -0.314 e. The van der Waals surface area contributed by atoms with E-state index in [1.807, 2.05) is 24.3 Å². The number of halogens is 1. The molecule has 0 aliphatic rings. The standard InChI is InChI=1S/C9H8IN/c1-2-9(11)7-4-3-5-8(10)6-7/h1,3-6,9H,11H2. The lowest BCUT2D eigenvalue weighted by Crippen LogP contribution is -2.06. The second kappa shape index (κ2) is 3.74. The fraction of sp³-hybridized carbons (Fsp3) is 0.111. The first-order chi connectivity index (χ1) is 5.24. The predicted molar refractivity (Wildman–Crippen MR) is 54.9 cm³/mol. The maximum atomic E-state index is 5.62. The van der Waals surface area contributed by atoms with Crippen LogP contribution < -0.4 is 5.73 Å². The highest BCUT2D eigenvalue weighted by Gasteiger charge is 2.00. The van der Waals surface area contributed by atoms with E-state index in [0.717, 1.165) is 9.13 Å². The van der Waals surface area contributed by atoms with Crippen LogP contribution in [0.2, 0.25) is 0 Å². The van der Waals surface area contributed by atoms with Crippen LogP contribution in [0.3, 0.4) is 0 Å². The van der Waals surface area contributed by atoms with Crippen molar-refractivity contribution < 1.29 is 0 Å². The number of hydrogen-bond acceptors (Lipinski definition) is 1. The Labute approximate surface area is 80.1 Å². The van der Waals surface area contributed by atoms with Crippen LogP contribution >= 0.6 is 22.6 Å². The molecule has 0 bridgehead atoms. The van der Waals surface area contributed by atoms with Crippen LogP contribution in [0, 0.1) is 15.9 Å². The molecule has 0 aliphatic heterocycles. The molecule has 11 heavy (non-hydrogen) atoms. The molecule has 1 atom stereocenters. The van der Waals surface area contributed by atoms with Crippen molar-refractivity contribution in [2.45, 2.75) is 6.04 Å². The van der Waals surface area contributed by atoms with Gasteiger partial charge in [-0.25, -0.2) is 0 Å². The molecule has 2 N–H and O–H groups in total. The summed E-state index contributed by atoms with van der Waals surface area (Å²) in [4.78, 5) is 0. The zero-order valence-electron chi connectivity index (χ0n) is 5.92. The Morgan fingerprint density at radius 1 is 1.55 bits per heavy atom. The molecule has 0 radical (unpaired) electrons. The lowest BCUT2D eigenvalue weighted by molar-refractivity contribution is 0.945. The van der Waals surface area contributed by atoms with E-state index < -0.39 is 0 Å². The van der Waals surface area contributed by atoms with Gasteiger partial charge in [-0.15, -0.1) is 6.42 Å². The van der Waals surface area contributed by atoms with Crippen LogP contribution in [-0.4, -0.2) is 0 Å². The Balaban J connectivity index is 2.98. The number of nitrogens with two attached hydrogens (primary N) is 1. The number of benzene rings is 1. The van der Waals surface area contributed by atoms with Crippen LogP contribution in [-0.2, 0) is 0 Å². The van der Waals surface area contributed by atoms with Crippen molar-refractivity contribution in [2.24, 2.45) is 5.73 Å². The molecule has 0 saturated heterocycles. The third-order valence-electron chi connectivity index (χ3n) is 1.39. The monoisotopic (exact) mass is 257 g/mol. The van der Waals surface area contributed by atoms with Gasteiger partial charge in [0, 0.05) is 3.57 Å². The Morgan fingerprint density at radius 2 is 2.27 bits per heavy atom. The van der Waals surface area contributed by atoms with E-state index >= 15 is 0 Å². The Kier molecular flexibility index (Phi) is 2.92. The Hall–Kier alpha value is -0.530. The van der Waals surface area contributed by atoms with E-state index in [0.29, 0.717) is 0 Å². The van der Waals surface area contributed by atoms with Gasteiger partial charge in [0.05, 0.1) is 6.04 Å². The van der Waals surface area contributed by atoms with Crippen molar-refractivity contribution in [3.8, 4) is 12.3 Å². The quantitative estimate of drug-likeness (QED) is 0.603. The number of terminal acetylenes is 1. The summed E-state index contributed by atoms with van der Waals surface area (Å²) in [7, 11) is 0. The van der Waals surface area contributed by atoms with Gasteiger partial charge >= 0.3 is 0 Å². The van der Waals surface area contributed by atoms with Crippen molar-refractivity contribution in [3.63, 3.8) is 0 Å². The first-order valence-corrected chi connectivity index (χ1v) is 4.29. The van der Waals surface area contributed by atoms with Crippen molar-refractivity contribution in [1.82, 2.24) is 0 Å². The van der Waals surface area contributed by atoms with E-state index in [4.69, 9.17) is 12.2 Å². The first-order valence-electron chi connectivity index (χ1n) is 3.21. The molecule has 0 saturated carbocycles. The van der Waals surface area contributed by atoms with Gasteiger partial charge in [-0.1, -0.05) is 18.1 Å². The molecule has 1 nitrogen and oxygen atoms in total. The van der Waals surface area contributed by atoms with Crippen LogP contribution in [0.25, 0.3) is 0 Å². The van der Waals surface area contributed by atoms with Gasteiger partial charge in [-0.05, 0) is 40.3 Å². The normalized spacial score (nSPS) is 12.1. The van der Waals surface area contributed by atoms with Crippen LogP contribution in [0.1, 0.15) is 11.6 Å². The number of rotatable bonds is 1. The van der Waals surface area contributed by atoms with Gasteiger partial charge in [0.1, 0.15) is 0 Å². The average molecular weight is 257 g/mol.